The SMILES string of the molecule is C=CCOC(=O)NCc1ccccc1-c1ccc([C@@H]2O[C@H](CN3CCC[C@H]3CN3CCCC3)C[C@H](c3ccc(CO)cc3)O2)cc1. The third kappa shape index (κ3) is 8.24. The molecule has 3 aromatic carbocycles. The highest BCUT2D eigenvalue weighted by molar-refractivity contribution is 5.70. The molecule has 0 bridgehead atoms. The molecule has 3 fully saturated rings. The van der Waals surface area contributed by atoms with E-state index in [1.54, 1.807) is 6.08 Å². The molecular weight excluding hydrogens is 578 g/mol. The molecule has 8 heteroatoms. The number of aliphatic hydroxyl groups excluding tert-OH is 1. The molecule has 0 aromatic heterocycles. The first kappa shape index (κ1) is 32.4. The highest BCUT2D eigenvalue weighted by Gasteiger charge is 2.36. The van der Waals surface area contributed by atoms with Crippen LogP contribution in [0.3, 0.4) is 0 Å². The maximum Gasteiger partial charge on any atom is 0.407 e. The first-order valence-electron chi connectivity index (χ1n) is 16.8. The maximum atomic E-state index is 12.0. The summed E-state index contributed by atoms with van der Waals surface area (Å²) in [7, 11) is 0. The number of aliphatic hydroxyl groups is 1. The van der Waals surface area contributed by atoms with Gasteiger partial charge >= 0.3 is 6.09 Å². The lowest BCUT2D eigenvalue weighted by atomic mass is 9.97. The number of carbonyl (C=O) groups is 1. The van der Waals surface area contributed by atoms with Crippen molar-refractivity contribution in [1.82, 2.24) is 15.1 Å². The minimum atomic E-state index is -0.494. The van der Waals surface area contributed by atoms with Crippen LogP contribution in [0.2, 0.25) is 0 Å². The van der Waals surface area contributed by atoms with Gasteiger partial charge in [0, 0.05) is 37.7 Å². The van der Waals surface area contributed by atoms with Crippen molar-refractivity contribution in [3.8, 4) is 11.1 Å². The summed E-state index contributed by atoms with van der Waals surface area (Å²) in [5, 5.41) is 12.4. The summed E-state index contributed by atoms with van der Waals surface area (Å²) in [6, 6.07) is 25.1. The predicted octanol–water partition coefficient (Wildman–Crippen LogP) is 6.36. The van der Waals surface area contributed by atoms with Gasteiger partial charge in [-0.3, -0.25) is 4.90 Å². The van der Waals surface area contributed by atoms with Gasteiger partial charge in [0.25, 0.3) is 0 Å². The summed E-state index contributed by atoms with van der Waals surface area (Å²) < 4.78 is 18.4. The summed E-state index contributed by atoms with van der Waals surface area (Å²) in [5.41, 5.74) is 6.06. The summed E-state index contributed by atoms with van der Waals surface area (Å²) in [5.74, 6) is 0. The van der Waals surface area contributed by atoms with Gasteiger partial charge in [0.05, 0.1) is 18.8 Å². The van der Waals surface area contributed by atoms with Gasteiger partial charge in [0.15, 0.2) is 6.29 Å². The minimum absolute atomic E-state index is 0.0263. The van der Waals surface area contributed by atoms with Crippen LogP contribution in [-0.4, -0.2) is 72.5 Å². The second kappa shape index (κ2) is 15.8. The Balaban J connectivity index is 1.18. The number of rotatable bonds is 12. The van der Waals surface area contributed by atoms with Crippen LogP contribution >= 0.6 is 0 Å². The van der Waals surface area contributed by atoms with Gasteiger partial charge in [-0.2, -0.15) is 0 Å². The predicted molar refractivity (Wildman–Crippen MR) is 179 cm³/mol. The van der Waals surface area contributed by atoms with Gasteiger partial charge < -0.3 is 29.5 Å². The molecule has 0 unspecified atom stereocenters. The number of likely N-dealkylation sites (tertiary alicyclic amines) is 2. The minimum Gasteiger partial charge on any atom is -0.445 e. The van der Waals surface area contributed by atoms with Gasteiger partial charge in [0.1, 0.15) is 6.61 Å². The molecule has 244 valence electrons. The quantitative estimate of drug-likeness (QED) is 0.227. The van der Waals surface area contributed by atoms with Crippen LogP contribution in [0.1, 0.15) is 66.8 Å². The molecule has 3 saturated heterocycles. The first-order chi connectivity index (χ1) is 22.6. The highest BCUT2D eigenvalue weighted by atomic mass is 16.7. The zero-order chi connectivity index (χ0) is 31.7. The normalized spacial score (nSPS) is 23.8. The van der Waals surface area contributed by atoms with Crippen molar-refractivity contribution in [2.45, 2.75) is 69.8 Å². The molecule has 2 N–H and O–H groups in total. The van der Waals surface area contributed by atoms with Crippen molar-refractivity contribution in [3.05, 3.63) is 108 Å². The highest BCUT2D eigenvalue weighted by Crippen LogP contribution is 2.39. The fourth-order valence-corrected chi connectivity index (χ4v) is 7.03. The Kier molecular flexibility index (Phi) is 11.2. The van der Waals surface area contributed by atoms with Crippen LogP contribution in [0.15, 0.2) is 85.5 Å². The fraction of sp³-hybridized carbons (Fsp3) is 0.447. The summed E-state index contributed by atoms with van der Waals surface area (Å²) >= 11 is 0. The topological polar surface area (TPSA) is 83.5 Å². The molecule has 0 saturated carbocycles. The number of nitrogens with zero attached hydrogens (tertiary/aromatic N) is 2. The number of benzene rings is 3. The van der Waals surface area contributed by atoms with E-state index >= 15 is 0 Å². The lowest BCUT2D eigenvalue weighted by Crippen LogP contribution is -2.45. The molecule has 3 aromatic rings. The van der Waals surface area contributed by atoms with E-state index in [1.165, 1.54) is 38.8 Å². The zero-order valence-corrected chi connectivity index (χ0v) is 26.7. The van der Waals surface area contributed by atoms with Crippen molar-refractivity contribution >= 4 is 6.09 Å². The van der Waals surface area contributed by atoms with Gasteiger partial charge in [0.2, 0.25) is 0 Å². The van der Waals surface area contributed by atoms with E-state index in [0.29, 0.717) is 12.6 Å². The second-order valence-corrected chi connectivity index (χ2v) is 12.7. The Morgan fingerprint density at radius 1 is 0.935 bits per heavy atom. The Morgan fingerprint density at radius 3 is 2.46 bits per heavy atom. The largest absolute Gasteiger partial charge is 0.445 e. The van der Waals surface area contributed by atoms with Crippen molar-refractivity contribution in [2.24, 2.45) is 0 Å². The standard InChI is InChI=1S/C38H47N3O5/c1-2-22-44-38(43)39-24-32-8-3-4-10-35(32)29-15-17-31(18-16-29)37-45-34(23-36(46-37)30-13-11-28(27-42)12-14-30)26-41-21-7-9-33(41)25-40-19-5-6-20-40/h2-4,8,10-18,33-34,36-37,42H,1,5-7,9,19-27H2,(H,39,43)/t33-,34-,36+,37+/m0/s1. The average Bonchev–Trinajstić information content (AvgIpc) is 3.79. The van der Waals surface area contributed by atoms with Crippen molar-refractivity contribution in [3.63, 3.8) is 0 Å². The van der Waals surface area contributed by atoms with E-state index in [4.69, 9.17) is 14.2 Å². The van der Waals surface area contributed by atoms with Crippen molar-refractivity contribution in [2.75, 3.05) is 39.3 Å². The van der Waals surface area contributed by atoms with E-state index in [1.807, 2.05) is 30.3 Å². The summed E-state index contributed by atoms with van der Waals surface area (Å²) in [6.07, 6.45) is 6.43. The number of alkyl carbamates (subject to hydrolysis) is 1. The number of ether oxygens (including phenoxy) is 3. The molecule has 3 heterocycles. The number of carbonyl (C=O) groups excluding carboxylic acids is 1. The molecule has 8 nitrogen and oxygen atoms in total. The van der Waals surface area contributed by atoms with E-state index in [0.717, 1.165) is 59.4 Å². The van der Waals surface area contributed by atoms with Crippen LogP contribution in [0, 0.1) is 0 Å². The lowest BCUT2D eigenvalue weighted by Gasteiger charge is -2.39. The number of amides is 1. The first-order valence-corrected chi connectivity index (χ1v) is 16.8. The molecule has 0 radical (unpaired) electrons. The number of nitrogens with one attached hydrogen (secondary N) is 1. The van der Waals surface area contributed by atoms with E-state index in [9.17, 15) is 9.90 Å². The molecule has 6 rings (SSSR count). The van der Waals surface area contributed by atoms with Crippen molar-refractivity contribution in [1.29, 1.82) is 0 Å². The molecule has 0 spiro atoms. The number of hydrogen-bond donors (Lipinski definition) is 2. The lowest BCUT2D eigenvalue weighted by molar-refractivity contribution is -0.253. The van der Waals surface area contributed by atoms with Crippen LogP contribution in [0.5, 0.6) is 0 Å². The monoisotopic (exact) mass is 625 g/mol. The fourth-order valence-electron chi connectivity index (χ4n) is 7.03. The Bertz CT molecular complexity index is 1420. The van der Waals surface area contributed by atoms with E-state index < -0.39 is 12.4 Å². The summed E-state index contributed by atoms with van der Waals surface area (Å²) in [6.45, 7) is 9.78. The Hall–Kier alpha value is -3.53. The molecule has 3 aliphatic rings. The molecule has 3 aliphatic heterocycles. The van der Waals surface area contributed by atoms with Gasteiger partial charge in [-0.25, -0.2) is 4.79 Å². The summed E-state index contributed by atoms with van der Waals surface area (Å²) in [4.78, 5) is 17.3. The van der Waals surface area contributed by atoms with Gasteiger partial charge in [-0.15, -0.1) is 0 Å². The smallest absolute Gasteiger partial charge is 0.407 e. The molecular formula is C38H47N3O5. The molecule has 46 heavy (non-hydrogen) atoms. The van der Waals surface area contributed by atoms with E-state index in [2.05, 4.69) is 64.2 Å². The van der Waals surface area contributed by atoms with Crippen LogP contribution < -0.4 is 5.32 Å². The molecule has 1 amide bonds. The zero-order valence-electron chi connectivity index (χ0n) is 26.7. The Labute approximate surface area is 273 Å². The maximum absolute atomic E-state index is 12.0. The van der Waals surface area contributed by atoms with Crippen LogP contribution in [0.4, 0.5) is 4.79 Å². The third-order valence-electron chi connectivity index (χ3n) is 9.49. The molecule has 0 aliphatic carbocycles. The average molecular weight is 626 g/mol. The van der Waals surface area contributed by atoms with Crippen LogP contribution in [0.25, 0.3) is 11.1 Å². The molecule has 4 atom stereocenters. The van der Waals surface area contributed by atoms with Gasteiger partial charge in [-0.05, 0) is 73.1 Å². The second-order valence-electron chi connectivity index (χ2n) is 12.7. The van der Waals surface area contributed by atoms with Crippen molar-refractivity contribution < 1.29 is 24.1 Å². The van der Waals surface area contributed by atoms with E-state index in [-0.39, 0.29) is 25.4 Å². The third-order valence-corrected chi connectivity index (χ3v) is 9.49. The van der Waals surface area contributed by atoms with Gasteiger partial charge in [-0.1, -0.05) is 85.5 Å². The number of hydrogen-bond acceptors (Lipinski definition) is 7. The van der Waals surface area contributed by atoms with Crippen LogP contribution in [-0.2, 0) is 27.4 Å². The Morgan fingerprint density at radius 2 is 1.70 bits per heavy atom.